The van der Waals surface area contributed by atoms with Crippen molar-refractivity contribution in [1.29, 1.82) is 0 Å². The number of ether oxygens (including phenoxy) is 1. The molecule has 0 N–H and O–H groups in total. The van der Waals surface area contributed by atoms with Gasteiger partial charge in [0.25, 0.3) is 0 Å². The summed E-state index contributed by atoms with van der Waals surface area (Å²) in [5.74, 6) is -2.45. The molecular weight excluding hydrogens is 360 g/mol. The summed E-state index contributed by atoms with van der Waals surface area (Å²) in [4.78, 5) is 50.4. The molecule has 2 aliphatic rings. The zero-order chi connectivity index (χ0) is 20.4. The van der Waals surface area contributed by atoms with Crippen molar-refractivity contribution in [1.82, 2.24) is 9.47 Å². The van der Waals surface area contributed by atoms with E-state index in [9.17, 15) is 19.2 Å². The van der Waals surface area contributed by atoms with Gasteiger partial charge in [0.1, 0.15) is 6.54 Å². The van der Waals surface area contributed by atoms with Crippen molar-refractivity contribution >= 4 is 23.6 Å². The highest BCUT2D eigenvalue weighted by molar-refractivity contribution is 6.07. The van der Waals surface area contributed by atoms with Gasteiger partial charge in [-0.25, -0.2) is 0 Å². The maximum atomic E-state index is 12.5. The zero-order valence-corrected chi connectivity index (χ0v) is 16.6. The van der Waals surface area contributed by atoms with Gasteiger partial charge in [0, 0.05) is 23.5 Å². The number of esters is 1. The fourth-order valence-electron chi connectivity index (χ4n) is 4.07. The third-order valence-corrected chi connectivity index (χ3v) is 5.57. The molecule has 0 bridgehead atoms. The lowest BCUT2D eigenvalue weighted by molar-refractivity contribution is -0.152. The summed E-state index contributed by atoms with van der Waals surface area (Å²) in [7, 11) is 0. The summed E-state index contributed by atoms with van der Waals surface area (Å²) in [5.41, 5.74) is 2.37. The number of hydrogen-bond donors (Lipinski definition) is 0. The first kappa shape index (κ1) is 20.0. The number of carbonyl (C=O) groups is 4. The molecule has 1 aliphatic carbocycles. The van der Waals surface area contributed by atoms with Crippen LogP contribution in [0.25, 0.3) is 0 Å². The largest absolute Gasteiger partial charge is 0.456 e. The molecule has 0 aromatic carbocycles. The molecule has 2 amide bonds. The Bertz CT molecular complexity index is 825. The molecule has 1 saturated heterocycles. The molecule has 7 heteroatoms. The maximum absolute atomic E-state index is 12.5. The molecular formula is C21H26N2O5. The summed E-state index contributed by atoms with van der Waals surface area (Å²) < 4.78 is 7.14. The van der Waals surface area contributed by atoms with Crippen LogP contribution in [0.3, 0.4) is 0 Å². The highest BCUT2D eigenvalue weighted by atomic mass is 16.5. The highest BCUT2D eigenvalue weighted by Gasteiger charge is 2.47. The molecule has 1 aromatic rings. The maximum Gasteiger partial charge on any atom is 0.326 e. The molecule has 0 radical (unpaired) electrons. The van der Waals surface area contributed by atoms with Crippen molar-refractivity contribution in [2.45, 2.75) is 46.6 Å². The van der Waals surface area contributed by atoms with Gasteiger partial charge in [-0.15, -0.1) is 0 Å². The number of Topliss-reactive ketones (excluding diaryl/α,β-unsaturated/α-hetero) is 1. The predicted molar refractivity (Wildman–Crippen MR) is 102 cm³/mol. The second kappa shape index (κ2) is 8.12. The normalized spacial score (nSPS) is 21.2. The predicted octanol–water partition coefficient (Wildman–Crippen LogP) is 2.19. The van der Waals surface area contributed by atoms with E-state index in [2.05, 4.69) is 11.5 Å². The van der Waals surface area contributed by atoms with Crippen LogP contribution in [-0.2, 0) is 25.7 Å². The fourth-order valence-corrected chi connectivity index (χ4v) is 4.07. The molecule has 2 heterocycles. The van der Waals surface area contributed by atoms with Gasteiger partial charge >= 0.3 is 5.97 Å². The summed E-state index contributed by atoms with van der Waals surface area (Å²) in [6.45, 7) is 5.85. The standard InChI is InChI=1S/C21H26N2O5/c1-4-9-22-13(2)10-17(14(22)3)18(24)12-28-19(25)11-23-20(26)15-7-5-6-8-16(15)21(23)27/h5-6,10,15-16H,4,7-9,11-12H2,1-3H3/t15-,16+. The Morgan fingerprint density at radius 2 is 1.71 bits per heavy atom. The van der Waals surface area contributed by atoms with Crippen molar-refractivity contribution in [3.8, 4) is 0 Å². The number of imide groups is 1. The second-order valence-electron chi connectivity index (χ2n) is 7.44. The van der Waals surface area contributed by atoms with Gasteiger partial charge in [-0.2, -0.15) is 0 Å². The number of allylic oxidation sites excluding steroid dienone is 2. The van der Waals surface area contributed by atoms with Crippen LogP contribution in [-0.4, -0.2) is 46.2 Å². The van der Waals surface area contributed by atoms with Gasteiger partial charge in [0.2, 0.25) is 17.6 Å². The van der Waals surface area contributed by atoms with Crippen LogP contribution in [0.4, 0.5) is 0 Å². The Kier molecular flexibility index (Phi) is 5.82. The first-order valence-corrected chi connectivity index (χ1v) is 9.70. The number of rotatable bonds is 7. The van der Waals surface area contributed by atoms with Crippen molar-refractivity contribution in [2.75, 3.05) is 13.2 Å². The van der Waals surface area contributed by atoms with Crippen LogP contribution >= 0.6 is 0 Å². The van der Waals surface area contributed by atoms with Crippen LogP contribution < -0.4 is 0 Å². The number of ketones is 1. The van der Waals surface area contributed by atoms with Crippen LogP contribution in [0.5, 0.6) is 0 Å². The Balaban J connectivity index is 1.58. The minimum atomic E-state index is -0.746. The van der Waals surface area contributed by atoms with Crippen LogP contribution in [0.15, 0.2) is 18.2 Å². The molecule has 7 nitrogen and oxygen atoms in total. The topological polar surface area (TPSA) is 85.7 Å². The minimum absolute atomic E-state index is 0.291. The quantitative estimate of drug-likeness (QED) is 0.310. The molecule has 3 rings (SSSR count). The smallest absolute Gasteiger partial charge is 0.326 e. The van der Waals surface area contributed by atoms with E-state index in [-0.39, 0.29) is 29.4 Å². The van der Waals surface area contributed by atoms with Gasteiger partial charge in [0.15, 0.2) is 6.61 Å². The van der Waals surface area contributed by atoms with E-state index >= 15 is 0 Å². The van der Waals surface area contributed by atoms with E-state index in [4.69, 9.17) is 4.74 Å². The molecule has 28 heavy (non-hydrogen) atoms. The van der Waals surface area contributed by atoms with E-state index in [1.165, 1.54) is 0 Å². The monoisotopic (exact) mass is 386 g/mol. The van der Waals surface area contributed by atoms with Gasteiger partial charge in [-0.05, 0) is 39.2 Å². The summed E-state index contributed by atoms with van der Waals surface area (Å²) in [5, 5.41) is 0. The SMILES string of the molecule is CCCn1c(C)cc(C(=O)COC(=O)CN2C(=O)[C@H]3CC=CC[C@H]3C2=O)c1C. The molecule has 1 fully saturated rings. The molecule has 0 spiro atoms. The summed E-state index contributed by atoms with van der Waals surface area (Å²) in [6, 6.07) is 1.80. The summed E-state index contributed by atoms with van der Waals surface area (Å²) >= 11 is 0. The first-order chi connectivity index (χ1) is 13.3. The number of nitrogens with zero attached hydrogens (tertiary/aromatic N) is 2. The van der Waals surface area contributed by atoms with Gasteiger partial charge in [-0.1, -0.05) is 19.1 Å². The molecule has 150 valence electrons. The number of aromatic nitrogens is 1. The number of amides is 2. The van der Waals surface area contributed by atoms with E-state index in [0.29, 0.717) is 18.4 Å². The van der Waals surface area contributed by atoms with Crippen molar-refractivity contribution in [3.05, 3.63) is 35.2 Å². The van der Waals surface area contributed by atoms with E-state index in [1.807, 2.05) is 26.0 Å². The molecule has 1 aromatic heterocycles. The van der Waals surface area contributed by atoms with Gasteiger partial charge in [0.05, 0.1) is 11.8 Å². The summed E-state index contributed by atoms with van der Waals surface area (Å²) in [6.07, 6.45) is 5.78. The molecule has 1 aliphatic heterocycles. The lowest BCUT2D eigenvalue weighted by Crippen LogP contribution is -2.37. The average Bonchev–Trinajstić information content (AvgIpc) is 3.10. The number of carbonyl (C=O) groups excluding carboxylic acids is 4. The van der Waals surface area contributed by atoms with Crippen molar-refractivity contribution in [3.63, 3.8) is 0 Å². The average molecular weight is 386 g/mol. The van der Waals surface area contributed by atoms with Crippen LogP contribution in [0.2, 0.25) is 0 Å². The lowest BCUT2D eigenvalue weighted by Gasteiger charge is -2.14. The first-order valence-electron chi connectivity index (χ1n) is 9.70. The Labute approximate surface area is 164 Å². The number of aryl methyl sites for hydroxylation is 1. The second-order valence-corrected chi connectivity index (χ2v) is 7.44. The highest BCUT2D eigenvalue weighted by Crippen LogP contribution is 2.34. The Hall–Kier alpha value is -2.70. The third kappa shape index (κ3) is 3.66. The Morgan fingerprint density at radius 3 is 2.29 bits per heavy atom. The van der Waals surface area contributed by atoms with Crippen molar-refractivity contribution < 1.29 is 23.9 Å². The van der Waals surface area contributed by atoms with E-state index in [0.717, 1.165) is 29.3 Å². The van der Waals surface area contributed by atoms with Gasteiger partial charge in [-0.3, -0.25) is 24.1 Å². The van der Waals surface area contributed by atoms with Crippen LogP contribution in [0.1, 0.15) is 47.9 Å². The van der Waals surface area contributed by atoms with Crippen molar-refractivity contribution in [2.24, 2.45) is 11.8 Å². The Morgan fingerprint density at radius 1 is 1.11 bits per heavy atom. The van der Waals surface area contributed by atoms with E-state index < -0.39 is 19.1 Å². The minimum Gasteiger partial charge on any atom is -0.456 e. The zero-order valence-electron chi connectivity index (χ0n) is 16.6. The number of hydrogen-bond acceptors (Lipinski definition) is 5. The lowest BCUT2D eigenvalue weighted by atomic mass is 9.85. The fraction of sp³-hybridized carbons (Fsp3) is 0.524. The molecule has 0 unspecified atom stereocenters. The molecule has 0 saturated carbocycles. The third-order valence-electron chi connectivity index (χ3n) is 5.57. The number of likely N-dealkylation sites (tertiary alicyclic amines) is 1. The number of fused-ring (bicyclic) bond motifs is 1. The van der Waals surface area contributed by atoms with Gasteiger partial charge < -0.3 is 9.30 Å². The molecule has 2 atom stereocenters. The van der Waals surface area contributed by atoms with Crippen LogP contribution in [0, 0.1) is 25.7 Å². The van der Waals surface area contributed by atoms with E-state index in [1.54, 1.807) is 6.07 Å².